The normalized spacial score (nSPS) is 12.5. The molecular weight excluding hydrogens is 268 g/mol. The van der Waals surface area contributed by atoms with Crippen molar-refractivity contribution >= 4 is 0 Å². The smallest absolute Gasteiger partial charge is 0.0294 e. The molecule has 22 heavy (non-hydrogen) atoms. The Labute approximate surface area is 135 Å². The molecule has 0 radical (unpaired) electrons. The summed E-state index contributed by atoms with van der Waals surface area (Å²) in [6.07, 6.45) is 1.08. The molecular formula is C20H28N2. The third-order valence-electron chi connectivity index (χ3n) is 3.83. The molecule has 2 aromatic carbocycles. The summed E-state index contributed by atoms with van der Waals surface area (Å²) >= 11 is 0. The summed E-state index contributed by atoms with van der Waals surface area (Å²) in [5.74, 6) is 0. The van der Waals surface area contributed by atoms with Crippen LogP contribution in [0.2, 0.25) is 0 Å². The molecule has 0 heterocycles. The van der Waals surface area contributed by atoms with E-state index in [9.17, 15) is 0 Å². The molecule has 2 N–H and O–H groups in total. The Balaban J connectivity index is 1.74. The molecule has 1 atom stereocenters. The molecule has 0 fully saturated rings. The number of hydrogen-bond acceptors (Lipinski definition) is 2. The lowest BCUT2D eigenvalue weighted by atomic mass is 10.1. The predicted octanol–water partition coefficient (Wildman–Crippen LogP) is 4.08. The maximum absolute atomic E-state index is 3.53. The first kappa shape index (κ1) is 16.7. The molecule has 2 heteroatoms. The van der Waals surface area contributed by atoms with Crippen molar-refractivity contribution in [2.75, 3.05) is 6.54 Å². The molecule has 2 nitrogen and oxygen atoms in total. The Morgan fingerprint density at radius 1 is 0.818 bits per heavy atom. The molecule has 0 bridgehead atoms. The molecule has 0 saturated heterocycles. The van der Waals surface area contributed by atoms with Gasteiger partial charge in [-0.3, -0.25) is 0 Å². The Morgan fingerprint density at radius 2 is 1.50 bits per heavy atom. The average molecular weight is 296 g/mol. The Kier molecular flexibility index (Phi) is 6.63. The van der Waals surface area contributed by atoms with Crippen LogP contribution in [-0.2, 0) is 13.0 Å². The standard InChI is InChI=1S/C20H28N2/c1-16(2)22-17(3)20-11-9-19(10-12-20)15-21-14-13-18-7-5-4-6-8-18/h4-12,16-17,21-22H,13-15H2,1-3H3. The largest absolute Gasteiger partial charge is 0.312 e. The summed E-state index contributed by atoms with van der Waals surface area (Å²) in [5, 5.41) is 7.05. The van der Waals surface area contributed by atoms with E-state index in [1.807, 2.05) is 0 Å². The summed E-state index contributed by atoms with van der Waals surface area (Å²) in [6, 6.07) is 20.4. The van der Waals surface area contributed by atoms with E-state index >= 15 is 0 Å². The van der Waals surface area contributed by atoms with Gasteiger partial charge in [0.15, 0.2) is 0 Å². The lowest BCUT2D eigenvalue weighted by Gasteiger charge is -2.17. The van der Waals surface area contributed by atoms with Crippen molar-refractivity contribution in [1.29, 1.82) is 0 Å². The van der Waals surface area contributed by atoms with E-state index in [4.69, 9.17) is 0 Å². The van der Waals surface area contributed by atoms with Crippen LogP contribution in [0.3, 0.4) is 0 Å². The number of nitrogens with one attached hydrogen (secondary N) is 2. The van der Waals surface area contributed by atoms with E-state index in [1.165, 1.54) is 16.7 Å². The molecule has 0 aliphatic carbocycles. The highest BCUT2D eigenvalue weighted by Crippen LogP contribution is 2.14. The summed E-state index contributed by atoms with van der Waals surface area (Å²) in [7, 11) is 0. The van der Waals surface area contributed by atoms with E-state index in [-0.39, 0.29) is 0 Å². The van der Waals surface area contributed by atoms with E-state index in [2.05, 4.69) is 86.0 Å². The van der Waals surface area contributed by atoms with Crippen molar-refractivity contribution in [3.05, 3.63) is 71.3 Å². The van der Waals surface area contributed by atoms with Crippen LogP contribution in [-0.4, -0.2) is 12.6 Å². The van der Waals surface area contributed by atoms with Gasteiger partial charge < -0.3 is 10.6 Å². The van der Waals surface area contributed by atoms with Gasteiger partial charge in [0, 0.05) is 18.6 Å². The second-order valence-corrected chi connectivity index (χ2v) is 6.20. The Hall–Kier alpha value is -1.64. The maximum Gasteiger partial charge on any atom is 0.0294 e. The van der Waals surface area contributed by atoms with E-state index < -0.39 is 0 Å². The zero-order valence-electron chi connectivity index (χ0n) is 14.0. The number of rotatable bonds is 8. The zero-order valence-corrected chi connectivity index (χ0v) is 14.0. The molecule has 2 rings (SSSR count). The molecule has 0 spiro atoms. The maximum atomic E-state index is 3.53. The highest BCUT2D eigenvalue weighted by molar-refractivity contribution is 5.24. The van der Waals surface area contributed by atoms with Gasteiger partial charge in [0.25, 0.3) is 0 Å². The van der Waals surface area contributed by atoms with Crippen molar-refractivity contribution < 1.29 is 0 Å². The molecule has 1 unspecified atom stereocenters. The van der Waals surface area contributed by atoms with Crippen LogP contribution in [0.5, 0.6) is 0 Å². The van der Waals surface area contributed by atoms with Crippen molar-refractivity contribution in [2.45, 2.75) is 45.8 Å². The minimum atomic E-state index is 0.403. The molecule has 0 saturated carbocycles. The van der Waals surface area contributed by atoms with Crippen LogP contribution in [0.25, 0.3) is 0 Å². The zero-order chi connectivity index (χ0) is 15.8. The fourth-order valence-corrected chi connectivity index (χ4v) is 2.63. The minimum Gasteiger partial charge on any atom is -0.312 e. The van der Waals surface area contributed by atoms with Crippen molar-refractivity contribution in [3.8, 4) is 0 Å². The third-order valence-corrected chi connectivity index (χ3v) is 3.83. The quantitative estimate of drug-likeness (QED) is 0.717. The van der Waals surface area contributed by atoms with Crippen molar-refractivity contribution in [1.82, 2.24) is 10.6 Å². The Morgan fingerprint density at radius 3 is 2.14 bits per heavy atom. The molecule has 2 aromatic rings. The van der Waals surface area contributed by atoms with Crippen LogP contribution < -0.4 is 10.6 Å². The van der Waals surface area contributed by atoms with Gasteiger partial charge in [-0.1, -0.05) is 68.4 Å². The van der Waals surface area contributed by atoms with E-state index in [0.717, 1.165) is 19.5 Å². The Bertz CT molecular complexity index is 531. The summed E-state index contributed by atoms with van der Waals surface area (Å²) in [4.78, 5) is 0. The molecule has 0 aromatic heterocycles. The molecule has 0 aliphatic rings. The van der Waals surface area contributed by atoms with E-state index in [0.29, 0.717) is 12.1 Å². The first-order chi connectivity index (χ1) is 10.6. The van der Waals surface area contributed by atoms with Gasteiger partial charge in [-0.05, 0) is 36.6 Å². The van der Waals surface area contributed by atoms with Gasteiger partial charge in [0.1, 0.15) is 0 Å². The second kappa shape index (κ2) is 8.72. The highest BCUT2D eigenvalue weighted by Gasteiger charge is 2.06. The van der Waals surface area contributed by atoms with Gasteiger partial charge in [-0.25, -0.2) is 0 Å². The van der Waals surface area contributed by atoms with E-state index in [1.54, 1.807) is 0 Å². The van der Waals surface area contributed by atoms with Crippen LogP contribution in [0.15, 0.2) is 54.6 Å². The lowest BCUT2D eigenvalue weighted by Crippen LogP contribution is -2.26. The average Bonchev–Trinajstić information content (AvgIpc) is 2.52. The highest BCUT2D eigenvalue weighted by atomic mass is 14.9. The first-order valence-electron chi connectivity index (χ1n) is 8.24. The van der Waals surface area contributed by atoms with Gasteiger partial charge in [0.05, 0.1) is 0 Å². The molecule has 0 amide bonds. The van der Waals surface area contributed by atoms with Gasteiger partial charge in [0.2, 0.25) is 0 Å². The second-order valence-electron chi connectivity index (χ2n) is 6.20. The fraction of sp³-hybridized carbons (Fsp3) is 0.400. The number of hydrogen-bond donors (Lipinski definition) is 2. The minimum absolute atomic E-state index is 0.403. The van der Waals surface area contributed by atoms with Gasteiger partial charge >= 0.3 is 0 Å². The topological polar surface area (TPSA) is 24.1 Å². The summed E-state index contributed by atoms with van der Waals surface area (Å²) < 4.78 is 0. The monoisotopic (exact) mass is 296 g/mol. The molecule has 118 valence electrons. The van der Waals surface area contributed by atoms with Crippen LogP contribution >= 0.6 is 0 Å². The van der Waals surface area contributed by atoms with Gasteiger partial charge in [-0.2, -0.15) is 0 Å². The van der Waals surface area contributed by atoms with Crippen molar-refractivity contribution in [2.24, 2.45) is 0 Å². The van der Waals surface area contributed by atoms with Crippen LogP contribution in [0, 0.1) is 0 Å². The van der Waals surface area contributed by atoms with Crippen LogP contribution in [0.1, 0.15) is 43.5 Å². The number of benzene rings is 2. The van der Waals surface area contributed by atoms with Crippen LogP contribution in [0.4, 0.5) is 0 Å². The van der Waals surface area contributed by atoms with Gasteiger partial charge in [-0.15, -0.1) is 0 Å². The summed E-state index contributed by atoms with van der Waals surface area (Å²) in [5.41, 5.74) is 4.08. The molecule has 0 aliphatic heterocycles. The third kappa shape index (κ3) is 5.63. The summed E-state index contributed by atoms with van der Waals surface area (Å²) in [6.45, 7) is 8.52. The first-order valence-corrected chi connectivity index (χ1v) is 8.24. The predicted molar refractivity (Wildman–Crippen MR) is 95.0 cm³/mol. The van der Waals surface area contributed by atoms with Crippen molar-refractivity contribution in [3.63, 3.8) is 0 Å². The fourth-order valence-electron chi connectivity index (χ4n) is 2.63. The SMILES string of the molecule is CC(C)NC(C)c1ccc(CNCCc2ccccc2)cc1. The lowest BCUT2D eigenvalue weighted by molar-refractivity contribution is 0.506.